The van der Waals surface area contributed by atoms with Gasteiger partial charge >= 0.3 is 5.97 Å². The Bertz CT molecular complexity index is 938. The number of aromatic carboxylic acids is 1. The monoisotopic (exact) mass is 380 g/mol. The number of carboxylic acid groups (broad SMARTS) is 1. The number of carbonyl (C=O) groups excluding carboxylic acids is 1. The van der Waals surface area contributed by atoms with Gasteiger partial charge in [0, 0.05) is 5.56 Å². The predicted molar refractivity (Wildman–Crippen MR) is 110 cm³/mol. The number of carboxylic acids is 1. The van der Waals surface area contributed by atoms with E-state index in [-0.39, 0.29) is 28.8 Å². The minimum Gasteiger partial charge on any atom is -0.485 e. The van der Waals surface area contributed by atoms with Gasteiger partial charge in [0.1, 0.15) is 5.75 Å². The number of rotatable bonds is 5. The van der Waals surface area contributed by atoms with E-state index in [2.05, 4.69) is 33.8 Å². The van der Waals surface area contributed by atoms with E-state index in [0.29, 0.717) is 11.3 Å². The molecule has 4 nitrogen and oxygen atoms in total. The molecule has 0 aromatic heterocycles. The van der Waals surface area contributed by atoms with Crippen molar-refractivity contribution < 1.29 is 19.4 Å². The van der Waals surface area contributed by atoms with Crippen molar-refractivity contribution in [1.82, 2.24) is 0 Å². The Morgan fingerprint density at radius 2 is 1.71 bits per heavy atom. The molecule has 1 N–H and O–H groups in total. The second-order valence-corrected chi connectivity index (χ2v) is 8.99. The van der Waals surface area contributed by atoms with E-state index >= 15 is 0 Å². The summed E-state index contributed by atoms with van der Waals surface area (Å²) in [6.45, 7) is 10.6. The SMILES string of the molecule is Cc1cc(C(=O)O)ccc1OCC(=O)c1cccc2c1C(C)(C)CCC2(C)C. The van der Waals surface area contributed by atoms with Crippen molar-refractivity contribution in [3.63, 3.8) is 0 Å². The number of aryl methyl sites for hydroxylation is 1. The topological polar surface area (TPSA) is 63.6 Å². The van der Waals surface area contributed by atoms with Crippen LogP contribution in [0, 0.1) is 6.92 Å². The van der Waals surface area contributed by atoms with Crippen LogP contribution in [0.1, 0.15) is 77.9 Å². The summed E-state index contributed by atoms with van der Waals surface area (Å²) >= 11 is 0. The third kappa shape index (κ3) is 3.68. The zero-order valence-electron chi connectivity index (χ0n) is 17.3. The molecule has 4 heteroatoms. The zero-order chi connectivity index (χ0) is 20.7. The van der Waals surface area contributed by atoms with E-state index in [9.17, 15) is 9.59 Å². The average Bonchev–Trinajstić information content (AvgIpc) is 2.63. The van der Waals surface area contributed by atoms with Crippen LogP contribution in [0.3, 0.4) is 0 Å². The Balaban J connectivity index is 1.88. The van der Waals surface area contributed by atoms with Crippen LogP contribution in [0.25, 0.3) is 0 Å². The molecule has 2 aromatic carbocycles. The Kier molecular flexibility index (Phi) is 5.09. The molecular weight excluding hydrogens is 352 g/mol. The molecule has 0 saturated carbocycles. The van der Waals surface area contributed by atoms with E-state index < -0.39 is 5.97 Å². The van der Waals surface area contributed by atoms with E-state index in [1.807, 2.05) is 12.1 Å². The van der Waals surface area contributed by atoms with Gasteiger partial charge in [-0.1, -0.05) is 45.9 Å². The second kappa shape index (κ2) is 7.08. The standard InChI is InChI=1S/C24H28O4/c1-15-13-16(22(26)27)9-10-20(15)28-14-19(25)17-7-6-8-18-21(17)24(4,5)12-11-23(18,2)3/h6-10,13H,11-12,14H2,1-5H3,(H,26,27). The van der Waals surface area contributed by atoms with Crippen LogP contribution in [0.5, 0.6) is 5.75 Å². The van der Waals surface area contributed by atoms with Crippen LogP contribution in [0.15, 0.2) is 36.4 Å². The van der Waals surface area contributed by atoms with Gasteiger partial charge in [0.2, 0.25) is 5.78 Å². The number of Topliss-reactive ketones (excluding diaryl/α,β-unsaturated/α-hetero) is 1. The maximum atomic E-state index is 13.1. The van der Waals surface area contributed by atoms with E-state index in [0.717, 1.165) is 24.0 Å². The van der Waals surface area contributed by atoms with Gasteiger partial charge in [-0.05, 0) is 65.5 Å². The molecule has 0 unspecified atom stereocenters. The molecule has 0 spiro atoms. The van der Waals surface area contributed by atoms with Crippen molar-refractivity contribution in [3.8, 4) is 5.75 Å². The number of fused-ring (bicyclic) bond motifs is 1. The minimum atomic E-state index is -0.980. The minimum absolute atomic E-state index is 0.0469. The van der Waals surface area contributed by atoms with Crippen molar-refractivity contribution in [2.45, 2.75) is 58.3 Å². The molecular formula is C24H28O4. The number of ketones is 1. The lowest BCUT2D eigenvalue weighted by atomic mass is 9.62. The molecule has 148 valence electrons. The summed E-state index contributed by atoms with van der Waals surface area (Å²) in [5, 5.41) is 9.08. The average molecular weight is 380 g/mol. The molecule has 0 atom stereocenters. The Morgan fingerprint density at radius 1 is 1.04 bits per heavy atom. The highest BCUT2D eigenvalue weighted by Crippen LogP contribution is 2.47. The molecule has 0 aliphatic heterocycles. The Hall–Kier alpha value is -2.62. The first kappa shape index (κ1) is 20.1. The lowest BCUT2D eigenvalue weighted by Crippen LogP contribution is -2.36. The summed E-state index contributed by atoms with van der Waals surface area (Å²) < 4.78 is 5.76. The maximum Gasteiger partial charge on any atom is 0.335 e. The van der Waals surface area contributed by atoms with Gasteiger partial charge in [-0.3, -0.25) is 4.79 Å². The summed E-state index contributed by atoms with van der Waals surface area (Å²) in [4.78, 5) is 24.1. The van der Waals surface area contributed by atoms with Crippen molar-refractivity contribution >= 4 is 11.8 Å². The lowest BCUT2D eigenvalue weighted by Gasteiger charge is -2.42. The molecule has 0 saturated heterocycles. The fourth-order valence-corrected chi connectivity index (χ4v) is 4.13. The molecule has 0 bridgehead atoms. The molecule has 3 rings (SSSR count). The lowest BCUT2D eigenvalue weighted by molar-refractivity contribution is 0.0696. The Morgan fingerprint density at radius 3 is 2.36 bits per heavy atom. The molecule has 1 aliphatic carbocycles. The highest BCUT2D eigenvalue weighted by atomic mass is 16.5. The largest absolute Gasteiger partial charge is 0.485 e. The molecule has 0 amide bonds. The molecule has 0 heterocycles. The second-order valence-electron chi connectivity index (χ2n) is 8.99. The van der Waals surface area contributed by atoms with Crippen LogP contribution in [-0.2, 0) is 10.8 Å². The number of benzene rings is 2. The molecule has 28 heavy (non-hydrogen) atoms. The van der Waals surface area contributed by atoms with Crippen molar-refractivity contribution in [1.29, 1.82) is 0 Å². The fraction of sp³-hybridized carbons (Fsp3) is 0.417. The van der Waals surface area contributed by atoms with Crippen LogP contribution in [0.4, 0.5) is 0 Å². The van der Waals surface area contributed by atoms with Crippen molar-refractivity contribution in [2.24, 2.45) is 0 Å². The van der Waals surface area contributed by atoms with Gasteiger partial charge < -0.3 is 9.84 Å². The smallest absolute Gasteiger partial charge is 0.335 e. The van der Waals surface area contributed by atoms with E-state index in [1.165, 1.54) is 11.6 Å². The first-order valence-electron chi connectivity index (χ1n) is 9.67. The molecule has 0 radical (unpaired) electrons. The summed E-state index contributed by atoms with van der Waals surface area (Å²) in [6, 6.07) is 10.7. The third-order valence-corrected chi connectivity index (χ3v) is 5.93. The van der Waals surface area contributed by atoms with E-state index in [4.69, 9.17) is 9.84 Å². The zero-order valence-corrected chi connectivity index (χ0v) is 17.3. The quantitative estimate of drug-likeness (QED) is 0.715. The molecule has 0 fully saturated rings. The number of ether oxygens (including phenoxy) is 1. The normalized spacial score (nSPS) is 16.9. The van der Waals surface area contributed by atoms with Crippen LogP contribution >= 0.6 is 0 Å². The predicted octanol–water partition coefficient (Wildman–Crippen LogP) is 5.30. The Labute approximate surface area is 166 Å². The first-order valence-corrected chi connectivity index (χ1v) is 9.67. The number of hydrogen-bond acceptors (Lipinski definition) is 3. The summed E-state index contributed by atoms with van der Waals surface area (Å²) in [5.74, 6) is -0.501. The van der Waals surface area contributed by atoms with Gasteiger partial charge in [0.05, 0.1) is 5.56 Å². The third-order valence-electron chi connectivity index (χ3n) is 5.93. The van der Waals surface area contributed by atoms with Crippen LogP contribution in [0.2, 0.25) is 0 Å². The van der Waals surface area contributed by atoms with E-state index in [1.54, 1.807) is 19.1 Å². The van der Waals surface area contributed by atoms with Crippen molar-refractivity contribution in [2.75, 3.05) is 6.61 Å². The van der Waals surface area contributed by atoms with Crippen molar-refractivity contribution in [3.05, 3.63) is 64.2 Å². The maximum absolute atomic E-state index is 13.1. The van der Waals surface area contributed by atoms with Gasteiger partial charge in [-0.15, -0.1) is 0 Å². The summed E-state index contributed by atoms with van der Waals surface area (Å²) in [6.07, 6.45) is 2.13. The van der Waals surface area contributed by atoms with Gasteiger partial charge in [0.25, 0.3) is 0 Å². The first-order chi connectivity index (χ1) is 13.0. The summed E-state index contributed by atoms with van der Waals surface area (Å²) in [7, 11) is 0. The molecule has 1 aliphatic rings. The van der Waals surface area contributed by atoms with Gasteiger partial charge in [-0.25, -0.2) is 4.79 Å². The molecule has 2 aromatic rings. The number of hydrogen-bond donors (Lipinski definition) is 1. The summed E-state index contributed by atoms with van der Waals surface area (Å²) in [5.41, 5.74) is 4.01. The fourth-order valence-electron chi connectivity index (χ4n) is 4.13. The van der Waals surface area contributed by atoms with Crippen LogP contribution < -0.4 is 4.74 Å². The van der Waals surface area contributed by atoms with Crippen LogP contribution in [-0.4, -0.2) is 23.5 Å². The highest BCUT2D eigenvalue weighted by molar-refractivity contribution is 5.99. The van der Waals surface area contributed by atoms with Gasteiger partial charge in [0.15, 0.2) is 6.61 Å². The van der Waals surface area contributed by atoms with Gasteiger partial charge in [-0.2, -0.15) is 0 Å². The number of carbonyl (C=O) groups is 2. The highest BCUT2D eigenvalue weighted by Gasteiger charge is 2.39.